The number of carbonyl (C=O) groups is 1. The van der Waals surface area contributed by atoms with Gasteiger partial charge in [-0.05, 0) is 36.9 Å². The molecule has 74 valence electrons. The summed E-state index contributed by atoms with van der Waals surface area (Å²) < 4.78 is 0. The zero-order valence-corrected chi connectivity index (χ0v) is 9.16. The SMILES string of the molecule is CC1(CC(=O)C2CCCCS2)CC1. The molecule has 0 radical (unpaired) electrons. The summed E-state index contributed by atoms with van der Waals surface area (Å²) in [5.41, 5.74) is 0.412. The second kappa shape index (κ2) is 3.64. The second-order valence-corrected chi connectivity index (χ2v) is 6.12. The predicted molar refractivity (Wildman–Crippen MR) is 57.1 cm³/mol. The van der Waals surface area contributed by atoms with E-state index < -0.39 is 0 Å². The van der Waals surface area contributed by atoms with Crippen molar-refractivity contribution in [2.75, 3.05) is 5.75 Å². The molecule has 2 rings (SSSR count). The number of thioether (sulfide) groups is 1. The van der Waals surface area contributed by atoms with Crippen LogP contribution >= 0.6 is 11.8 Å². The van der Waals surface area contributed by atoms with Crippen molar-refractivity contribution in [3.05, 3.63) is 0 Å². The van der Waals surface area contributed by atoms with Gasteiger partial charge in [0.15, 0.2) is 0 Å². The van der Waals surface area contributed by atoms with Gasteiger partial charge in [-0.2, -0.15) is 11.8 Å². The molecule has 1 unspecified atom stereocenters. The largest absolute Gasteiger partial charge is 0.298 e. The molecule has 1 saturated heterocycles. The predicted octanol–water partition coefficient (Wildman–Crippen LogP) is 3.03. The van der Waals surface area contributed by atoms with Gasteiger partial charge in [0.05, 0.1) is 5.25 Å². The molecule has 2 fully saturated rings. The van der Waals surface area contributed by atoms with Crippen molar-refractivity contribution in [3.8, 4) is 0 Å². The maximum Gasteiger partial charge on any atom is 0.146 e. The molecular weight excluding hydrogens is 180 g/mol. The molecule has 0 aromatic rings. The maximum atomic E-state index is 11.8. The van der Waals surface area contributed by atoms with Crippen LogP contribution in [-0.4, -0.2) is 16.8 Å². The first-order chi connectivity index (χ1) is 6.20. The Bertz CT molecular complexity index is 202. The Kier molecular flexibility index (Phi) is 2.68. The molecule has 1 heterocycles. The van der Waals surface area contributed by atoms with Crippen molar-refractivity contribution in [1.29, 1.82) is 0 Å². The minimum absolute atomic E-state index is 0.353. The minimum Gasteiger partial charge on any atom is -0.298 e. The summed E-state index contributed by atoms with van der Waals surface area (Å²) in [6.45, 7) is 2.25. The number of Topliss-reactive ketones (excluding diaryl/α,β-unsaturated/α-hetero) is 1. The molecule has 1 aliphatic heterocycles. The standard InChI is InChI=1S/C11H18OS/c1-11(5-6-11)8-9(12)10-4-2-3-7-13-10/h10H,2-8H2,1H3. The fourth-order valence-electron chi connectivity index (χ4n) is 1.92. The van der Waals surface area contributed by atoms with Crippen LogP contribution < -0.4 is 0 Å². The summed E-state index contributed by atoms with van der Waals surface area (Å²) in [5.74, 6) is 1.73. The van der Waals surface area contributed by atoms with Crippen LogP contribution in [0.2, 0.25) is 0 Å². The lowest BCUT2D eigenvalue weighted by Gasteiger charge is -2.21. The maximum absolute atomic E-state index is 11.8. The van der Waals surface area contributed by atoms with Crippen molar-refractivity contribution < 1.29 is 4.79 Å². The lowest BCUT2D eigenvalue weighted by molar-refractivity contribution is -0.119. The number of rotatable bonds is 3. The first-order valence-corrected chi connectivity index (χ1v) is 6.39. The second-order valence-electron chi connectivity index (χ2n) is 4.81. The summed E-state index contributed by atoms with van der Waals surface area (Å²) in [5, 5.41) is 0.353. The Hall–Kier alpha value is 0.0200. The summed E-state index contributed by atoms with van der Waals surface area (Å²) >= 11 is 1.89. The molecule has 13 heavy (non-hydrogen) atoms. The number of hydrogen-bond acceptors (Lipinski definition) is 2. The van der Waals surface area contributed by atoms with E-state index in [1.807, 2.05) is 11.8 Å². The lowest BCUT2D eigenvalue weighted by Crippen LogP contribution is -2.22. The van der Waals surface area contributed by atoms with Gasteiger partial charge in [-0.15, -0.1) is 0 Å². The van der Waals surface area contributed by atoms with E-state index in [9.17, 15) is 4.79 Å². The molecule has 0 bridgehead atoms. The number of ketones is 1. The van der Waals surface area contributed by atoms with E-state index in [0.29, 0.717) is 16.4 Å². The van der Waals surface area contributed by atoms with Crippen molar-refractivity contribution >= 4 is 17.5 Å². The van der Waals surface area contributed by atoms with Gasteiger partial charge in [0.1, 0.15) is 5.78 Å². The molecule has 0 amide bonds. The van der Waals surface area contributed by atoms with Gasteiger partial charge in [0.2, 0.25) is 0 Å². The van der Waals surface area contributed by atoms with Crippen molar-refractivity contribution in [3.63, 3.8) is 0 Å². The Labute approximate surface area is 84.7 Å². The Morgan fingerprint density at radius 2 is 2.23 bits per heavy atom. The highest BCUT2D eigenvalue weighted by atomic mass is 32.2. The average molecular weight is 198 g/mol. The van der Waals surface area contributed by atoms with E-state index in [1.54, 1.807) is 0 Å². The molecule has 0 aromatic carbocycles. The lowest BCUT2D eigenvalue weighted by atomic mass is 9.98. The van der Waals surface area contributed by atoms with Crippen LogP contribution in [0.3, 0.4) is 0 Å². The Morgan fingerprint density at radius 1 is 1.46 bits per heavy atom. The molecule has 2 aliphatic rings. The normalized spacial score (nSPS) is 31.3. The molecule has 0 aromatic heterocycles. The third-order valence-electron chi connectivity index (χ3n) is 3.24. The van der Waals surface area contributed by atoms with Crippen LogP contribution in [0.15, 0.2) is 0 Å². The molecule has 0 spiro atoms. The van der Waals surface area contributed by atoms with Crippen LogP contribution in [0.1, 0.15) is 45.4 Å². The van der Waals surface area contributed by atoms with E-state index in [4.69, 9.17) is 0 Å². The van der Waals surface area contributed by atoms with E-state index >= 15 is 0 Å². The van der Waals surface area contributed by atoms with Gasteiger partial charge in [-0.25, -0.2) is 0 Å². The Balaban J connectivity index is 1.81. The first-order valence-electron chi connectivity index (χ1n) is 5.34. The van der Waals surface area contributed by atoms with Crippen LogP contribution in [-0.2, 0) is 4.79 Å². The van der Waals surface area contributed by atoms with Gasteiger partial charge in [-0.3, -0.25) is 4.79 Å². The summed E-state index contributed by atoms with van der Waals surface area (Å²) in [4.78, 5) is 11.8. The summed E-state index contributed by atoms with van der Waals surface area (Å²) in [7, 11) is 0. The quantitative estimate of drug-likeness (QED) is 0.693. The van der Waals surface area contributed by atoms with Crippen molar-refractivity contribution in [2.24, 2.45) is 5.41 Å². The molecule has 1 saturated carbocycles. The van der Waals surface area contributed by atoms with Crippen LogP contribution in [0.25, 0.3) is 0 Å². The topological polar surface area (TPSA) is 17.1 Å². The summed E-state index contributed by atoms with van der Waals surface area (Å²) in [6.07, 6.45) is 7.11. The molecule has 2 heteroatoms. The third-order valence-corrected chi connectivity index (χ3v) is 4.67. The van der Waals surface area contributed by atoms with E-state index in [-0.39, 0.29) is 0 Å². The fraction of sp³-hybridized carbons (Fsp3) is 0.909. The van der Waals surface area contributed by atoms with Gasteiger partial charge in [-0.1, -0.05) is 13.3 Å². The molecule has 1 aliphatic carbocycles. The van der Waals surface area contributed by atoms with Crippen molar-refractivity contribution in [2.45, 2.75) is 50.7 Å². The van der Waals surface area contributed by atoms with Crippen molar-refractivity contribution in [1.82, 2.24) is 0 Å². The van der Waals surface area contributed by atoms with Crippen LogP contribution in [0.4, 0.5) is 0 Å². The first kappa shape index (κ1) is 9.57. The van der Waals surface area contributed by atoms with Gasteiger partial charge >= 0.3 is 0 Å². The highest BCUT2D eigenvalue weighted by molar-refractivity contribution is 8.00. The molecular formula is C11H18OS. The van der Waals surface area contributed by atoms with Gasteiger partial charge in [0, 0.05) is 6.42 Å². The minimum atomic E-state index is 0.353. The molecule has 0 N–H and O–H groups in total. The zero-order chi connectivity index (χ0) is 9.31. The van der Waals surface area contributed by atoms with E-state index in [2.05, 4.69) is 6.92 Å². The smallest absolute Gasteiger partial charge is 0.146 e. The van der Waals surface area contributed by atoms with E-state index in [1.165, 1.54) is 31.4 Å². The van der Waals surface area contributed by atoms with Crippen LogP contribution in [0.5, 0.6) is 0 Å². The number of carbonyl (C=O) groups excluding carboxylic acids is 1. The van der Waals surface area contributed by atoms with Crippen LogP contribution in [0, 0.1) is 5.41 Å². The highest BCUT2D eigenvalue weighted by Gasteiger charge is 2.40. The van der Waals surface area contributed by atoms with Gasteiger partial charge < -0.3 is 0 Å². The summed E-state index contributed by atoms with van der Waals surface area (Å²) in [6, 6.07) is 0. The fourth-order valence-corrected chi connectivity index (χ4v) is 3.18. The van der Waals surface area contributed by atoms with Gasteiger partial charge in [0.25, 0.3) is 0 Å². The highest BCUT2D eigenvalue weighted by Crippen LogP contribution is 2.49. The Morgan fingerprint density at radius 3 is 2.77 bits per heavy atom. The zero-order valence-electron chi connectivity index (χ0n) is 8.34. The monoisotopic (exact) mass is 198 g/mol. The number of hydrogen-bond donors (Lipinski definition) is 0. The third kappa shape index (κ3) is 2.49. The molecule has 1 atom stereocenters. The molecule has 1 nitrogen and oxygen atoms in total. The average Bonchev–Trinajstić information content (AvgIpc) is 2.85. The van der Waals surface area contributed by atoms with E-state index in [0.717, 1.165) is 12.8 Å².